The summed E-state index contributed by atoms with van der Waals surface area (Å²) in [4.78, 5) is 12.1. The number of anilines is 1. The summed E-state index contributed by atoms with van der Waals surface area (Å²) in [7, 11) is 0. The van der Waals surface area contributed by atoms with Crippen molar-refractivity contribution in [3.8, 4) is 5.75 Å². The number of carbonyl (C=O) groups excluding carboxylic acids is 1. The Hall–Kier alpha value is -1.28. The van der Waals surface area contributed by atoms with Crippen molar-refractivity contribution in [2.75, 3.05) is 18.4 Å². The molecule has 1 fully saturated rings. The van der Waals surface area contributed by atoms with Gasteiger partial charge in [-0.25, -0.2) is 0 Å². The van der Waals surface area contributed by atoms with Crippen LogP contribution in [0.25, 0.3) is 0 Å². The van der Waals surface area contributed by atoms with E-state index in [1.165, 1.54) is 18.2 Å². The molecule has 0 bridgehead atoms. The predicted molar refractivity (Wildman–Crippen MR) is 75.0 cm³/mol. The van der Waals surface area contributed by atoms with E-state index in [0.29, 0.717) is 17.6 Å². The van der Waals surface area contributed by atoms with Crippen LogP contribution in [0.5, 0.6) is 5.75 Å². The highest BCUT2D eigenvalue weighted by molar-refractivity contribution is 9.10. The average Bonchev–Trinajstić information content (AvgIpc) is 2.77. The van der Waals surface area contributed by atoms with Crippen molar-refractivity contribution >= 4 is 27.5 Å². The molecule has 0 radical (unpaired) electrons. The van der Waals surface area contributed by atoms with Crippen LogP contribution in [0.2, 0.25) is 0 Å². The number of hydrogen-bond acceptors (Lipinski definition) is 3. The quantitative estimate of drug-likeness (QED) is 0.863. The first-order valence-electron chi connectivity index (χ1n) is 6.33. The summed E-state index contributed by atoms with van der Waals surface area (Å²) < 4.78 is 41.5. The van der Waals surface area contributed by atoms with Crippen molar-refractivity contribution in [3.63, 3.8) is 0 Å². The Morgan fingerprint density at radius 3 is 2.71 bits per heavy atom. The lowest BCUT2D eigenvalue weighted by molar-refractivity contribution is -0.274. The Morgan fingerprint density at radius 1 is 1.43 bits per heavy atom. The van der Waals surface area contributed by atoms with Crippen LogP contribution < -0.4 is 15.4 Å². The number of alkyl halides is 3. The molecular weight excluding hydrogens is 353 g/mol. The predicted octanol–water partition coefficient (Wildman–Crippen LogP) is 3.14. The summed E-state index contributed by atoms with van der Waals surface area (Å²) in [5.74, 6) is -0.898. The van der Waals surface area contributed by atoms with Gasteiger partial charge in [0.2, 0.25) is 5.91 Å². The summed E-state index contributed by atoms with van der Waals surface area (Å²) in [6, 6.07) is 4.07. The van der Waals surface area contributed by atoms with E-state index in [2.05, 4.69) is 31.3 Å². The van der Waals surface area contributed by atoms with E-state index in [1.807, 2.05) is 6.92 Å². The molecule has 1 aliphatic rings. The Kier molecular flexibility index (Phi) is 4.77. The zero-order valence-electron chi connectivity index (χ0n) is 11.1. The highest BCUT2D eigenvalue weighted by atomic mass is 79.9. The van der Waals surface area contributed by atoms with Gasteiger partial charge in [0.05, 0.1) is 11.6 Å². The van der Waals surface area contributed by atoms with Crippen LogP contribution in [-0.4, -0.2) is 25.4 Å². The minimum Gasteiger partial charge on any atom is -0.404 e. The lowest BCUT2D eigenvalue weighted by atomic mass is 9.97. The monoisotopic (exact) mass is 366 g/mol. The van der Waals surface area contributed by atoms with Crippen LogP contribution in [-0.2, 0) is 4.79 Å². The third kappa shape index (κ3) is 4.34. The number of nitrogens with one attached hydrogen (secondary N) is 2. The molecule has 0 saturated carbocycles. The van der Waals surface area contributed by atoms with E-state index in [1.54, 1.807) is 0 Å². The SMILES string of the molecule is CC1CNCC1C(=O)Nc1ccc(Br)cc1OC(F)(F)F. The van der Waals surface area contributed by atoms with Crippen LogP contribution in [0.4, 0.5) is 18.9 Å². The molecule has 1 amide bonds. The summed E-state index contributed by atoms with van der Waals surface area (Å²) in [5, 5.41) is 5.58. The lowest BCUT2D eigenvalue weighted by Gasteiger charge is -2.17. The van der Waals surface area contributed by atoms with E-state index in [4.69, 9.17) is 0 Å². The van der Waals surface area contributed by atoms with Crippen molar-refractivity contribution in [3.05, 3.63) is 22.7 Å². The fourth-order valence-electron chi connectivity index (χ4n) is 2.20. The first kappa shape index (κ1) is 16.1. The second-order valence-electron chi connectivity index (χ2n) is 4.92. The van der Waals surface area contributed by atoms with Crippen molar-refractivity contribution in [1.29, 1.82) is 0 Å². The van der Waals surface area contributed by atoms with Gasteiger partial charge in [0.25, 0.3) is 0 Å². The molecule has 0 aliphatic carbocycles. The highest BCUT2D eigenvalue weighted by Gasteiger charge is 2.34. The zero-order chi connectivity index (χ0) is 15.6. The number of hydrogen-bond donors (Lipinski definition) is 2. The summed E-state index contributed by atoms with van der Waals surface area (Å²) in [6.07, 6.45) is -4.82. The van der Waals surface area contributed by atoms with E-state index >= 15 is 0 Å². The van der Waals surface area contributed by atoms with E-state index in [9.17, 15) is 18.0 Å². The molecule has 4 nitrogen and oxygen atoms in total. The summed E-state index contributed by atoms with van der Waals surface area (Å²) in [6.45, 7) is 3.14. The molecule has 1 aliphatic heterocycles. The maximum absolute atomic E-state index is 12.4. The normalized spacial score (nSPS) is 22.1. The fourth-order valence-corrected chi connectivity index (χ4v) is 2.54. The van der Waals surface area contributed by atoms with Gasteiger partial charge in [-0.3, -0.25) is 4.79 Å². The topological polar surface area (TPSA) is 50.4 Å². The largest absolute Gasteiger partial charge is 0.573 e. The van der Waals surface area contributed by atoms with Crippen LogP contribution in [0, 0.1) is 11.8 Å². The van der Waals surface area contributed by atoms with Gasteiger partial charge in [-0.1, -0.05) is 22.9 Å². The maximum atomic E-state index is 12.4. The molecule has 2 unspecified atom stereocenters. The second kappa shape index (κ2) is 6.23. The van der Waals surface area contributed by atoms with Gasteiger partial charge < -0.3 is 15.4 Å². The number of ether oxygens (including phenoxy) is 1. The van der Waals surface area contributed by atoms with E-state index in [0.717, 1.165) is 0 Å². The molecule has 8 heteroatoms. The van der Waals surface area contributed by atoms with Gasteiger partial charge in [0.15, 0.2) is 5.75 Å². The van der Waals surface area contributed by atoms with E-state index in [-0.39, 0.29) is 23.4 Å². The van der Waals surface area contributed by atoms with Crippen LogP contribution in [0.3, 0.4) is 0 Å². The molecule has 116 valence electrons. The van der Waals surface area contributed by atoms with Crippen molar-refractivity contribution in [2.24, 2.45) is 11.8 Å². The second-order valence-corrected chi connectivity index (χ2v) is 5.84. The minimum atomic E-state index is -4.82. The third-order valence-electron chi connectivity index (χ3n) is 3.28. The zero-order valence-corrected chi connectivity index (χ0v) is 12.7. The molecule has 1 heterocycles. The summed E-state index contributed by atoms with van der Waals surface area (Å²) in [5.41, 5.74) is -0.000347. The molecule has 1 aromatic rings. The molecule has 2 N–H and O–H groups in total. The maximum Gasteiger partial charge on any atom is 0.573 e. The number of benzene rings is 1. The van der Waals surface area contributed by atoms with Gasteiger partial charge in [0.1, 0.15) is 0 Å². The van der Waals surface area contributed by atoms with Gasteiger partial charge in [-0.15, -0.1) is 13.2 Å². The smallest absolute Gasteiger partial charge is 0.404 e. The van der Waals surface area contributed by atoms with Crippen molar-refractivity contribution in [2.45, 2.75) is 13.3 Å². The van der Waals surface area contributed by atoms with Crippen molar-refractivity contribution in [1.82, 2.24) is 5.32 Å². The Bertz CT molecular complexity index is 537. The summed E-state index contributed by atoms with van der Waals surface area (Å²) >= 11 is 3.08. The first-order valence-corrected chi connectivity index (χ1v) is 7.12. The van der Waals surface area contributed by atoms with Gasteiger partial charge in [-0.2, -0.15) is 0 Å². The number of amides is 1. The van der Waals surface area contributed by atoms with Crippen LogP contribution in [0.1, 0.15) is 6.92 Å². The fraction of sp³-hybridized carbons (Fsp3) is 0.462. The Morgan fingerprint density at radius 2 is 2.14 bits per heavy atom. The number of halogens is 4. The molecule has 0 aromatic heterocycles. The van der Waals surface area contributed by atoms with Crippen LogP contribution >= 0.6 is 15.9 Å². The number of carbonyl (C=O) groups is 1. The Labute approximate surface area is 128 Å². The van der Waals surface area contributed by atoms with Gasteiger partial charge in [-0.05, 0) is 30.7 Å². The third-order valence-corrected chi connectivity index (χ3v) is 3.77. The molecule has 0 spiro atoms. The molecule has 1 aromatic carbocycles. The van der Waals surface area contributed by atoms with Gasteiger partial charge >= 0.3 is 6.36 Å². The standard InChI is InChI=1S/C13H14BrF3N2O2/c1-7-5-18-6-9(7)12(20)19-10-3-2-8(14)4-11(10)21-13(15,16)17/h2-4,7,9,18H,5-6H2,1H3,(H,19,20). The highest BCUT2D eigenvalue weighted by Crippen LogP contribution is 2.33. The first-order chi connectivity index (χ1) is 9.76. The van der Waals surface area contributed by atoms with Crippen molar-refractivity contribution < 1.29 is 22.7 Å². The molecule has 2 atom stereocenters. The molecule has 1 saturated heterocycles. The lowest BCUT2D eigenvalue weighted by Crippen LogP contribution is -2.28. The Balaban J connectivity index is 2.17. The minimum absolute atomic E-state index is 0.000347. The van der Waals surface area contributed by atoms with E-state index < -0.39 is 12.1 Å². The molecular formula is C13H14BrF3N2O2. The average molecular weight is 367 g/mol. The van der Waals surface area contributed by atoms with Gasteiger partial charge in [0, 0.05) is 11.0 Å². The van der Waals surface area contributed by atoms with Crippen LogP contribution in [0.15, 0.2) is 22.7 Å². The molecule has 2 rings (SSSR count). The number of rotatable bonds is 3. The molecule has 21 heavy (non-hydrogen) atoms.